The van der Waals surface area contributed by atoms with Crippen molar-refractivity contribution >= 4 is 11.9 Å². The Labute approximate surface area is 171 Å². The summed E-state index contributed by atoms with van der Waals surface area (Å²) in [5.74, 6) is 1.21. The van der Waals surface area contributed by atoms with Crippen LogP contribution in [0.15, 0.2) is 36.7 Å². The predicted octanol–water partition coefficient (Wildman–Crippen LogP) is 2.20. The molecular formula is C22H29N5O2. The van der Waals surface area contributed by atoms with E-state index in [0.717, 1.165) is 31.6 Å². The standard InChI is InChI=1S/C22H29N5O2/c1-17-23-9-14-25(17)15-10-24-22(29)26-11-7-19(8-12-26)21(28)27-13-6-18-4-2-3-5-20(18)16-27/h2-5,9,14,19H,6-8,10-13,15-16H2,1H3,(H,24,29). The first kappa shape index (κ1) is 19.5. The van der Waals surface area contributed by atoms with E-state index < -0.39 is 0 Å². The van der Waals surface area contributed by atoms with E-state index in [2.05, 4.69) is 28.5 Å². The number of imidazole rings is 1. The van der Waals surface area contributed by atoms with Gasteiger partial charge in [-0.1, -0.05) is 24.3 Å². The van der Waals surface area contributed by atoms with Crippen molar-refractivity contribution in [3.8, 4) is 0 Å². The molecule has 4 rings (SSSR count). The predicted molar refractivity (Wildman–Crippen MR) is 110 cm³/mol. The largest absolute Gasteiger partial charge is 0.338 e. The third-order valence-electron chi connectivity index (χ3n) is 6.13. The van der Waals surface area contributed by atoms with Gasteiger partial charge in [0, 0.05) is 57.6 Å². The van der Waals surface area contributed by atoms with Crippen molar-refractivity contribution in [1.29, 1.82) is 0 Å². The number of aromatic nitrogens is 2. The molecule has 0 radical (unpaired) electrons. The van der Waals surface area contributed by atoms with Crippen molar-refractivity contribution in [3.05, 3.63) is 53.6 Å². The lowest BCUT2D eigenvalue weighted by Gasteiger charge is -2.36. The number of fused-ring (bicyclic) bond motifs is 1. The summed E-state index contributed by atoms with van der Waals surface area (Å²) < 4.78 is 2.02. The third-order valence-corrected chi connectivity index (χ3v) is 6.13. The molecule has 0 unspecified atom stereocenters. The molecule has 3 amide bonds. The highest BCUT2D eigenvalue weighted by Crippen LogP contribution is 2.24. The van der Waals surface area contributed by atoms with Gasteiger partial charge in [-0.25, -0.2) is 9.78 Å². The first-order valence-electron chi connectivity index (χ1n) is 10.5. The van der Waals surface area contributed by atoms with Gasteiger partial charge < -0.3 is 19.7 Å². The summed E-state index contributed by atoms with van der Waals surface area (Å²) in [7, 11) is 0. The van der Waals surface area contributed by atoms with Crippen LogP contribution in [-0.2, 0) is 24.3 Å². The molecule has 0 aliphatic carbocycles. The van der Waals surface area contributed by atoms with E-state index in [-0.39, 0.29) is 17.9 Å². The van der Waals surface area contributed by atoms with Gasteiger partial charge in [0.2, 0.25) is 5.91 Å². The zero-order valence-electron chi connectivity index (χ0n) is 17.0. The van der Waals surface area contributed by atoms with Gasteiger partial charge in [0.05, 0.1) is 0 Å². The van der Waals surface area contributed by atoms with Crippen molar-refractivity contribution in [2.75, 3.05) is 26.2 Å². The van der Waals surface area contributed by atoms with E-state index in [1.807, 2.05) is 33.6 Å². The Morgan fingerprint density at radius 2 is 1.86 bits per heavy atom. The number of urea groups is 1. The van der Waals surface area contributed by atoms with Gasteiger partial charge in [-0.3, -0.25) is 4.79 Å². The van der Waals surface area contributed by atoms with Crippen molar-refractivity contribution in [2.45, 2.75) is 39.3 Å². The van der Waals surface area contributed by atoms with Crippen LogP contribution in [-0.4, -0.2) is 57.5 Å². The molecule has 1 aromatic heterocycles. The summed E-state index contributed by atoms with van der Waals surface area (Å²) in [5, 5.41) is 2.98. The number of rotatable bonds is 4. The van der Waals surface area contributed by atoms with Crippen LogP contribution in [0.3, 0.4) is 0 Å². The number of amides is 3. The maximum absolute atomic E-state index is 13.0. The summed E-state index contributed by atoms with van der Waals surface area (Å²) in [4.78, 5) is 33.4. The van der Waals surface area contributed by atoms with Gasteiger partial charge in [0.25, 0.3) is 0 Å². The van der Waals surface area contributed by atoms with Crippen molar-refractivity contribution in [2.24, 2.45) is 5.92 Å². The normalized spacial score (nSPS) is 17.1. The van der Waals surface area contributed by atoms with E-state index >= 15 is 0 Å². The number of benzene rings is 1. The Bertz CT molecular complexity index is 870. The fourth-order valence-electron chi connectivity index (χ4n) is 4.31. The van der Waals surface area contributed by atoms with E-state index in [9.17, 15) is 9.59 Å². The second-order valence-electron chi connectivity index (χ2n) is 7.94. The number of piperidine rings is 1. The van der Waals surface area contributed by atoms with Crippen LogP contribution in [0.4, 0.5) is 4.79 Å². The Balaban J connectivity index is 1.22. The smallest absolute Gasteiger partial charge is 0.317 e. The first-order valence-corrected chi connectivity index (χ1v) is 10.5. The number of likely N-dealkylation sites (tertiary alicyclic amines) is 1. The number of nitrogens with one attached hydrogen (secondary N) is 1. The minimum Gasteiger partial charge on any atom is -0.338 e. The van der Waals surface area contributed by atoms with Gasteiger partial charge in [-0.05, 0) is 37.3 Å². The average molecular weight is 396 g/mol. The fraction of sp³-hybridized carbons (Fsp3) is 0.500. The highest BCUT2D eigenvalue weighted by atomic mass is 16.2. The van der Waals surface area contributed by atoms with Crippen LogP contribution in [0.2, 0.25) is 0 Å². The molecule has 2 aromatic rings. The zero-order valence-corrected chi connectivity index (χ0v) is 17.0. The van der Waals surface area contributed by atoms with E-state index in [4.69, 9.17) is 0 Å². The molecular weight excluding hydrogens is 366 g/mol. The molecule has 1 saturated heterocycles. The zero-order chi connectivity index (χ0) is 20.2. The van der Waals surface area contributed by atoms with Gasteiger partial charge in [-0.2, -0.15) is 0 Å². The summed E-state index contributed by atoms with van der Waals surface area (Å²) in [5.41, 5.74) is 2.62. The molecule has 0 spiro atoms. The minimum atomic E-state index is -0.0411. The Morgan fingerprint density at radius 3 is 2.59 bits per heavy atom. The minimum absolute atomic E-state index is 0.0258. The number of hydrogen-bond acceptors (Lipinski definition) is 3. The lowest BCUT2D eigenvalue weighted by Crippen LogP contribution is -2.48. The van der Waals surface area contributed by atoms with Crippen LogP contribution < -0.4 is 5.32 Å². The maximum atomic E-state index is 13.0. The number of nitrogens with zero attached hydrogens (tertiary/aromatic N) is 4. The first-order chi connectivity index (χ1) is 14.1. The third kappa shape index (κ3) is 4.44. The second kappa shape index (κ2) is 8.68. The lowest BCUT2D eigenvalue weighted by atomic mass is 9.93. The molecule has 3 heterocycles. The van der Waals surface area contributed by atoms with Crippen LogP contribution in [0.1, 0.15) is 29.8 Å². The van der Waals surface area contributed by atoms with Crippen molar-refractivity contribution < 1.29 is 9.59 Å². The molecule has 1 fully saturated rings. The van der Waals surface area contributed by atoms with E-state index in [1.54, 1.807) is 6.20 Å². The molecule has 0 saturated carbocycles. The Kier molecular flexibility index (Phi) is 5.83. The van der Waals surface area contributed by atoms with E-state index in [0.29, 0.717) is 32.7 Å². The maximum Gasteiger partial charge on any atom is 0.317 e. The average Bonchev–Trinajstić information content (AvgIpc) is 3.17. The fourth-order valence-corrected chi connectivity index (χ4v) is 4.31. The summed E-state index contributed by atoms with van der Waals surface area (Å²) in [6.45, 7) is 6.01. The number of hydrogen-bond donors (Lipinski definition) is 1. The second-order valence-corrected chi connectivity index (χ2v) is 7.94. The molecule has 2 aliphatic heterocycles. The molecule has 0 bridgehead atoms. The Hall–Kier alpha value is -2.83. The Morgan fingerprint density at radius 1 is 1.10 bits per heavy atom. The number of carbonyl (C=O) groups is 2. The van der Waals surface area contributed by atoms with Crippen LogP contribution in [0.5, 0.6) is 0 Å². The van der Waals surface area contributed by atoms with Crippen LogP contribution >= 0.6 is 0 Å². The van der Waals surface area contributed by atoms with Crippen LogP contribution in [0, 0.1) is 12.8 Å². The SMILES string of the molecule is Cc1nccn1CCNC(=O)N1CCC(C(=O)N2CCc3ccccc3C2)CC1. The van der Waals surface area contributed by atoms with Gasteiger partial charge in [0.1, 0.15) is 5.82 Å². The summed E-state index contributed by atoms with van der Waals surface area (Å²) in [6.07, 6.45) is 6.09. The van der Waals surface area contributed by atoms with Gasteiger partial charge in [-0.15, -0.1) is 0 Å². The summed E-state index contributed by atoms with van der Waals surface area (Å²) >= 11 is 0. The monoisotopic (exact) mass is 395 g/mol. The summed E-state index contributed by atoms with van der Waals surface area (Å²) in [6, 6.07) is 8.33. The molecule has 154 valence electrons. The molecule has 1 aromatic carbocycles. The molecule has 2 aliphatic rings. The lowest BCUT2D eigenvalue weighted by molar-refractivity contribution is -0.137. The quantitative estimate of drug-likeness (QED) is 0.863. The molecule has 7 heteroatoms. The molecule has 29 heavy (non-hydrogen) atoms. The topological polar surface area (TPSA) is 70.5 Å². The van der Waals surface area contributed by atoms with Crippen molar-refractivity contribution in [3.63, 3.8) is 0 Å². The molecule has 0 atom stereocenters. The van der Waals surface area contributed by atoms with Gasteiger partial charge in [0.15, 0.2) is 0 Å². The number of carbonyl (C=O) groups excluding carboxylic acids is 2. The van der Waals surface area contributed by atoms with Gasteiger partial charge >= 0.3 is 6.03 Å². The number of aryl methyl sites for hydroxylation is 1. The van der Waals surface area contributed by atoms with E-state index in [1.165, 1.54) is 11.1 Å². The highest BCUT2D eigenvalue weighted by molar-refractivity contribution is 5.80. The van der Waals surface area contributed by atoms with Crippen LogP contribution in [0.25, 0.3) is 0 Å². The highest BCUT2D eigenvalue weighted by Gasteiger charge is 2.31. The molecule has 7 nitrogen and oxygen atoms in total. The van der Waals surface area contributed by atoms with Crippen molar-refractivity contribution in [1.82, 2.24) is 24.7 Å². The molecule has 1 N–H and O–H groups in total.